The summed E-state index contributed by atoms with van der Waals surface area (Å²) < 4.78 is 7.85. The van der Waals surface area contributed by atoms with Gasteiger partial charge in [0.25, 0.3) is 5.56 Å². The third-order valence-electron chi connectivity index (χ3n) is 8.92. The number of carbonyl (C=O) groups excluding carboxylic acids is 1. The number of nitrogens with one attached hydrogen (secondary N) is 1. The predicted octanol–water partition coefficient (Wildman–Crippen LogP) is 5.84. The first-order valence-corrected chi connectivity index (χ1v) is 13.8. The Morgan fingerprint density at radius 3 is 2.57 bits per heavy atom. The van der Waals surface area contributed by atoms with E-state index in [1.54, 1.807) is 7.11 Å². The summed E-state index contributed by atoms with van der Waals surface area (Å²) in [7, 11) is 1.56. The number of fused-ring (bicyclic) bond motifs is 1. The summed E-state index contributed by atoms with van der Waals surface area (Å²) in [6.07, 6.45) is 5.76. The number of pyridine rings is 1. The zero-order valence-electron chi connectivity index (χ0n) is 23.0. The van der Waals surface area contributed by atoms with Crippen LogP contribution in [0.5, 0.6) is 5.75 Å². The molecule has 0 unspecified atom stereocenters. The number of hydrogen-bond acceptors (Lipinski definition) is 4. The minimum atomic E-state index is -0.181. The maximum atomic E-state index is 13.7. The number of hydrogen-bond donors (Lipinski definition) is 1. The van der Waals surface area contributed by atoms with Crippen LogP contribution < -0.4 is 10.3 Å². The number of likely N-dealkylation sites (tertiary alicyclic amines) is 1. The van der Waals surface area contributed by atoms with Gasteiger partial charge in [0.2, 0.25) is 0 Å². The molecule has 1 atom stereocenters. The number of ether oxygens (including phenoxy) is 1. The van der Waals surface area contributed by atoms with E-state index < -0.39 is 0 Å². The smallest absolute Gasteiger partial charge is 0.255 e. The molecule has 0 bridgehead atoms. The number of aromatic amines is 1. The molecule has 1 saturated carbocycles. The molecule has 1 N–H and O–H groups in total. The van der Waals surface area contributed by atoms with Gasteiger partial charge in [-0.05, 0) is 89.4 Å². The Labute approximate surface area is 220 Å². The predicted molar refractivity (Wildman–Crippen MR) is 149 cm³/mol. The van der Waals surface area contributed by atoms with Crippen LogP contribution in [0.3, 0.4) is 0 Å². The quantitative estimate of drug-likeness (QED) is 0.372. The largest absolute Gasteiger partial charge is 0.496 e. The maximum Gasteiger partial charge on any atom is 0.255 e. The Morgan fingerprint density at radius 2 is 1.89 bits per heavy atom. The molecule has 1 saturated heterocycles. The van der Waals surface area contributed by atoms with Crippen molar-refractivity contribution in [3.63, 3.8) is 0 Å². The average Bonchev–Trinajstić information content (AvgIpc) is 3.52. The number of aryl methyl sites for hydroxylation is 1. The van der Waals surface area contributed by atoms with Crippen LogP contribution in [0.4, 0.5) is 0 Å². The molecule has 1 aliphatic heterocycles. The maximum absolute atomic E-state index is 13.7. The van der Waals surface area contributed by atoms with Gasteiger partial charge in [0, 0.05) is 46.9 Å². The van der Waals surface area contributed by atoms with E-state index in [0.717, 1.165) is 27.9 Å². The van der Waals surface area contributed by atoms with Crippen molar-refractivity contribution in [2.45, 2.75) is 72.3 Å². The van der Waals surface area contributed by atoms with E-state index in [1.807, 2.05) is 19.1 Å². The van der Waals surface area contributed by atoms with Gasteiger partial charge in [-0.15, -0.1) is 0 Å². The van der Waals surface area contributed by atoms with E-state index in [9.17, 15) is 9.59 Å². The van der Waals surface area contributed by atoms with E-state index in [0.29, 0.717) is 35.1 Å². The molecule has 3 heterocycles. The number of ketones is 1. The monoisotopic (exact) mass is 503 g/mol. The molecule has 0 amide bonds. The van der Waals surface area contributed by atoms with Crippen molar-refractivity contribution >= 4 is 16.7 Å². The molecule has 1 aliphatic carbocycles. The SMILES string of the molecule is COc1cc(C)[nH]c(=O)c1CCC(=O)c1c(C)n([C@H](C)C2CCN(CC3(C)CC3)CC2)c2ccccc12. The molecule has 2 aliphatic rings. The molecule has 5 rings (SSSR count). The lowest BCUT2D eigenvalue weighted by Gasteiger charge is -2.37. The van der Waals surface area contributed by atoms with Gasteiger partial charge in [-0.3, -0.25) is 9.59 Å². The van der Waals surface area contributed by atoms with Crippen LogP contribution in [0.1, 0.15) is 79.3 Å². The van der Waals surface area contributed by atoms with Crippen LogP contribution in [0.15, 0.2) is 35.1 Å². The number of piperidine rings is 1. The van der Waals surface area contributed by atoms with Crippen LogP contribution in [-0.2, 0) is 6.42 Å². The van der Waals surface area contributed by atoms with Gasteiger partial charge in [-0.25, -0.2) is 0 Å². The Balaban J connectivity index is 1.37. The van der Waals surface area contributed by atoms with Gasteiger partial charge in [0.15, 0.2) is 5.78 Å². The van der Waals surface area contributed by atoms with E-state index in [1.165, 1.54) is 45.3 Å². The fourth-order valence-electron chi connectivity index (χ4n) is 6.45. The summed E-state index contributed by atoms with van der Waals surface area (Å²) in [5, 5.41) is 1.01. The molecule has 1 aromatic carbocycles. The number of benzene rings is 1. The highest BCUT2D eigenvalue weighted by atomic mass is 16.5. The first kappa shape index (κ1) is 25.8. The van der Waals surface area contributed by atoms with E-state index in [2.05, 4.69) is 53.4 Å². The molecule has 2 fully saturated rings. The van der Waals surface area contributed by atoms with Crippen molar-refractivity contribution in [2.24, 2.45) is 11.3 Å². The summed E-state index contributed by atoms with van der Waals surface area (Å²) in [6.45, 7) is 12.2. The fourth-order valence-corrected chi connectivity index (χ4v) is 6.45. The molecule has 198 valence electrons. The Hall–Kier alpha value is -2.86. The van der Waals surface area contributed by atoms with E-state index in [4.69, 9.17) is 4.74 Å². The first-order chi connectivity index (χ1) is 17.7. The average molecular weight is 504 g/mol. The summed E-state index contributed by atoms with van der Waals surface area (Å²) >= 11 is 0. The summed E-state index contributed by atoms with van der Waals surface area (Å²) in [6, 6.07) is 10.4. The summed E-state index contributed by atoms with van der Waals surface area (Å²) in [5.74, 6) is 1.22. The van der Waals surface area contributed by atoms with Crippen molar-refractivity contribution in [2.75, 3.05) is 26.7 Å². The van der Waals surface area contributed by atoms with Crippen LogP contribution in [-0.4, -0.2) is 47.0 Å². The number of H-pyrrole nitrogens is 1. The third kappa shape index (κ3) is 5.13. The number of nitrogens with zero attached hydrogens (tertiary/aromatic N) is 2. The van der Waals surface area contributed by atoms with Gasteiger partial charge >= 0.3 is 0 Å². The molecule has 6 heteroatoms. The van der Waals surface area contributed by atoms with Crippen molar-refractivity contribution in [3.05, 3.63) is 63.2 Å². The lowest BCUT2D eigenvalue weighted by Crippen LogP contribution is -2.39. The number of aromatic nitrogens is 2. The van der Waals surface area contributed by atoms with Crippen LogP contribution >= 0.6 is 0 Å². The van der Waals surface area contributed by atoms with Gasteiger partial charge in [0.1, 0.15) is 5.75 Å². The lowest BCUT2D eigenvalue weighted by atomic mass is 9.89. The van der Waals surface area contributed by atoms with Gasteiger partial charge in [-0.1, -0.05) is 25.1 Å². The molecule has 3 aromatic rings. The fraction of sp³-hybridized carbons (Fsp3) is 0.548. The second kappa shape index (κ2) is 10.1. The van der Waals surface area contributed by atoms with Crippen molar-refractivity contribution in [1.82, 2.24) is 14.5 Å². The molecule has 2 aromatic heterocycles. The normalized spacial score (nSPS) is 18.7. The number of para-hydroxylation sites is 1. The number of Topliss-reactive ketones (excluding diaryl/α,β-unsaturated/α-hetero) is 1. The topological polar surface area (TPSA) is 67.3 Å². The van der Waals surface area contributed by atoms with Crippen LogP contribution in [0.25, 0.3) is 10.9 Å². The summed E-state index contributed by atoms with van der Waals surface area (Å²) in [5.41, 5.74) is 4.63. The molecular weight excluding hydrogens is 462 g/mol. The van der Waals surface area contributed by atoms with Gasteiger partial charge in [-0.2, -0.15) is 0 Å². The van der Waals surface area contributed by atoms with E-state index >= 15 is 0 Å². The molecule has 0 spiro atoms. The van der Waals surface area contributed by atoms with Crippen molar-refractivity contribution < 1.29 is 9.53 Å². The molecule has 0 radical (unpaired) electrons. The highest BCUT2D eigenvalue weighted by molar-refractivity contribution is 6.09. The van der Waals surface area contributed by atoms with E-state index in [-0.39, 0.29) is 17.8 Å². The Bertz CT molecular complexity index is 1360. The van der Waals surface area contributed by atoms with Gasteiger partial charge in [0.05, 0.1) is 12.7 Å². The van der Waals surface area contributed by atoms with Crippen LogP contribution in [0, 0.1) is 25.2 Å². The third-order valence-corrected chi connectivity index (χ3v) is 8.92. The van der Waals surface area contributed by atoms with Crippen LogP contribution in [0.2, 0.25) is 0 Å². The number of methoxy groups -OCH3 is 1. The standard InChI is InChI=1S/C31H41N3O3/c1-20-18-28(37-5)25(30(36)32-20)10-11-27(35)29-22(3)34(26-9-7-6-8-24(26)29)21(2)23-12-16-33(17-13-23)19-31(4)14-15-31/h6-9,18,21,23H,10-17,19H2,1-5H3,(H,32,36)/t21-/m1/s1. The molecule has 37 heavy (non-hydrogen) atoms. The molecular formula is C31H41N3O3. The van der Waals surface area contributed by atoms with Gasteiger partial charge < -0.3 is 19.2 Å². The number of carbonyl (C=O) groups is 1. The first-order valence-electron chi connectivity index (χ1n) is 13.8. The number of rotatable bonds is 9. The summed E-state index contributed by atoms with van der Waals surface area (Å²) in [4.78, 5) is 31.7. The second-order valence-corrected chi connectivity index (χ2v) is 11.8. The highest BCUT2D eigenvalue weighted by Gasteiger charge is 2.39. The second-order valence-electron chi connectivity index (χ2n) is 11.8. The Morgan fingerprint density at radius 1 is 1.19 bits per heavy atom. The molecule has 6 nitrogen and oxygen atoms in total. The zero-order chi connectivity index (χ0) is 26.3. The van der Waals surface area contributed by atoms with Crippen molar-refractivity contribution in [3.8, 4) is 5.75 Å². The minimum Gasteiger partial charge on any atom is -0.496 e. The zero-order valence-corrected chi connectivity index (χ0v) is 23.0. The highest BCUT2D eigenvalue weighted by Crippen LogP contribution is 2.46. The Kier molecular flexibility index (Phi) is 7.06. The lowest BCUT2D eigenvalue weighted by molar-refractivity contribution is 0.0982. The van der Waals surface area contributed by atoms with Crippen molar-refractivity contribution in [1.29, 1.82) is 0 Å². The minimum absolute atomic E-state index is 0.0779.